The molecule has 1 rings (SSSR count). The normalized spacial score (nSPS) is 10.4. The molecule has 1 aromatic heterocycles. The van der Waals surface area contributed by atoms with Crippen molar-refractivity contribution in [2.75, 3.05) is 0 Å². The van der Waals surface area contributed by atoms with Crippen LogP contribution in [0.2, 0.25) is 0 Å². The van der Waals surface area contributed by atoms with Gasteiger partial charge in [0.2, 0.25) is 5.91 Å². The van der Waals surface area contributed by atoms with E-state index in [9.17, 15) is 19.7 Å². The van der Waals surface area contributed by atoms with Crippen LogP contribution in [-0.4, -0.2) is 21.7 Å². The maximum atomic E-state index is 11.9. The number of hydrogen-bond donors (Lipinski definition) is 1. The van der Waals surface area contributed by atoms with Crippen LogP contribution in [0.15, 0.2) is 18.3 Å². The summed E-state index contributed by atoms with van der Waals surface area (Å²) in [5.74, 6) is -1.41. The number of unbranched alkanes of at least 4 members (excludes halogenated alkanes) is 7. The topological polar surface area (TPSA) is 102 Å². The molecule has 24 heavy (non-hydrogen) atoms. The van der Waals surface area contributed by atoms with Crippen LogP contribution >= 0.6 is 0 Å². The van der Waals surface area contributed by atoms with E-state index >= 15 is 0 Å². The summed E-state index contributed by atoms with van der Waals surface area (Å²) in [5.41, 5.74) is 0.0565. The number of amides is 2. The monoisotopic (exact) mass is 335 g/mol. The highest BCUT2D eigenvalue weighted by molar-refractivity contribution is 6.04. The average molecular weight is 335 g/mol. The molecule has 1 aromatic rings. The van der Waals surface area contributed by atoms with Gasteiger partial charge in [-0.3, -0.25) is 14.9 Å². The van der Waals surface area contributed by atoms with E-state index in [4.69, 9.17) is 0 Å². The standard InChI is InChI=1S/C17H25N3O4/c1-2-3-4-5-6-7-8-9-10-16(21)19-17(22)14-11-12-18-15(13-14)20(23)24/h11-13H,2-10H2,1H3,(H,19,21,22). The predicted molar refractivity (Wildman–Crippen MR) is 90.6 cm³/mol. The van der Waals surface area contributed by atoms with Crippen molar-refractivity contribution in [2.24, 2.45) is 0 Å². The summed E-state index contributed by atoms with van der Waals surface area (Å²) in [6, 6.07) is 2.39. The molecule has 1 N–H and O–H groups in total. The lowest BCUT2D eigenvalue weighted by atomic mass is 10.1. The first-order valence-electron chi connectivity index (χ1n) is 8.49. The molecule has 0 bridgehead atoms. The highest BCUT2D eigenvalue weighted by atomic mass is 16.6. The van der Waals surface area contributed by atoms with Crippen molar-refractivity contribution in [1.29, 1.82) is 0 Å². The zero-order valence-corrected chi connectivity index (χ0v) is 14.1. The number of carbonyl (C=O) groups excluding carboxylic acids is 2. The molecule has 0 unspecified atom stereocenters. The molecule has 0 spiro atoms. The van der Waals surface area contributed by atoms with Crippen LogP contribution in [0.4, 0.5) is 5.82 Å². The molecule has 0 aliphatic carbocycles. The van der Waals surface area contributed by atoms with Gasteiger partial charge in [0.25, 0.3) is 5.91 Å². The summed E-state index contributed by atoms with van der Waals surface area (Å²) < 4.78 is 0. The number of nitrogens with one attached hydrogen (secondary N) is 1. The first-order chi connectivity index (χ1) is 11.5. The molecule has 132 valence electrons. The Bertz CT molecular complexity index is 561. The Hall–Kier alpha value is -2.31. The number of imide groups is 1. The first kappa shape index (κ1) is 19.7. The molecule has 7 nitrogen and oxygen atoms in total. The number of hydrogen-bond acceptors (Lipinski definition) is 5. The molecule has 7 heteroatoms. The molecule has 0 radical (unpaired) electrons. The van der Waals surface area contributed by atoms with Crippen molar-refractivity contribution >= 4 is 17.6 Å². The maximum absolute atomic E-state index is 11.9. The number of nitrogens with zero attached hydrogens (tertiary/aromatic N) is 2. The highest BCUT2D eigenvalue weighted by Crippen LogP contribution is 2.11. The number of rotatable bonds is 11. The zero-order chi connectivity index (χ0) is 17.8. The molecule has 0 aliphatic heterocycles. The van der Waals surface area contributed by atoms with Gasteiger partial charge in [-0.25, -0.2) is 0 Å². The number of carbonyl (C=O) groups is 2. The van der Waals surface area contributed by atoms with Gasteiger partial charge >= 0.3 is 5.82 Å². The smallest absolute Gasteiger partial charge is 0.358 e. The van der Waals surface area contributed by atoms with Gasteiger partial charge in [-0.2, -0.15) is 0 Å². The van der Waals surface area contributed by atoms with Gasteiger partial charge in [0, 0.05) is 12.5 Å². The molecule has 0 fully saturated rings. The minimum Gasteiger partial charge on any atom is -0.358 e. The fourth-order valence-electron chi connectivity index (χ4n) is 2.34. The molecule has 1 heterocycles. The molecule has 2 amide bonds. The Kier molecular flexibility index (Phi) is 9.26. The van der Waals surface area contributed by atoms with Gasteiger partial charge in [-0.05, 0) is 22.4 Å². The van der Waals surface area contributed by atoms with E-state index in [1.807, 2.05) is 0 Å². The van der Waals surface area contributed by atoms with E-state index in [2.05, 4.69) is 17.2 Å². The van der Waals surface area contributed by atoms with Gasteiger partial charge in [0.1, 0.15) is 6.20 Å². The molecule has 0 saturated heterocycles. The van der Waals surface area contributed by atoms with Gasteiger partial charge in [0.15, 0.2) is 0 Å². The summed E-state index contributed by atoms with van der Waals surface area (Å²) >= 11 is 0. The lowest BCUT2D eigenvalue weighted by Crippen LogP contribution is -2.30. The van der Waals surface area contributed by atoms with Gasteiger partial charge in [-0.15, -0.1) is 0 Å². The molecular weight excluding hydrogens is 310 g/mol. The molecule has 0 saturated carbocycles. The Balaban J connectivity index is 2.24. The number of nitro groups is 1. The largest absolute Gasteiger partial charge is 0.364 e. The van der Waals surface area contributed by atoms with E-state index in [0.717, 1.165) is 25.3 Å². The van der Waals surface area contributed by atoms with E-state index in [-0.39, 0.29) is 17.9 Å². The third-order valence-electron chi connectivity index (χ3n) is 3.71. The van der Waals surface area contributed by atoms with E-state index in [0.29, 0.717) is 0 Å². The van der Waals surface area contributed by atoms with Crippen molar-refractivity contribution in [1.82, 2.24) is 10.3 Å². The second-order valence-electron chi connectivity index (χ2n) is 5.76. The van der Waals surface area contributed by atoms with Gasteiger partial charge in [-0.1, -0.05) is 51.9 Å². The first-order valence-corrected chi connectivity index (χ1v) is 8.49. The minimum atomic E-state index is -0.681. The van der Waals surface area contributed by atoms with E-state index in [1.165, 1.54) is 44.4 Å². The number of aromatic nitrogens is 1. The van der Waals surface area contributed by atoms with Crippen molar-refractivity contribution in [3.05, 3.63) is 34.0 Å². The highest BCUT2D eigenvalue weighted by Gasteiger charge is 2.15. The fraction of sp³-hybridized carbons (Fsp3) is 0.588. The lowest BCUT2D eigenvalue weighted by molar-refractivity contribution is -0.389. The SMILES string of the molecule is CCCCCCCCCCC(=O)NC(=O)c1ccnc([N+](=O)[O-])c1. The van der Waals surface area contributed by atoms with E-state index in [1.54, 1.807) is 0 Å². The minimum absolute atomic E-state index is 0.0565. The van der Waals surface area contributed by atoms with Crippen LogP contribution in [0.5, 0.6) is 0 Å². The number of pyridine rings is 1. The average Bonchev–Trinajstić information content (AvgIpc) is 2.57. The third kappa shape index (κ3) is 7.80. The van der Waals surface area contributed by atoms with Crippen molar-refractivity contribution in [2.45, 2.75) is 64.7 Å². The quantitative estimate of drug-likeness (QED) is 0.376. The summed E-state index contributed by atoms with van der Waals surface area (Å²) in [6.45, 7) is 2.18. The van der Waals surface area contributed by atoms with Crippen LogP contribution < -0.4 is 5.32 Å². The zero-order valence-electron chi connectivity index (χ0n) is 14.1. The molecule has 0 aromatic carbocycles. The predicted octanol–water partition coefficient (Wildman–Crippen LogP) is 3.78. The Morgan fingerprint density at radius 3 is 2.38 bits per heavy atom. The van der Waals surface area contributed by atoms with Crippen molar-refractivity contribution < 1.29 is 14.5 Å². The van der Waals surface area contributed by atoms with Crippen LogP contribution in [0, 0.1) is 10.1 Å². The van der Waals surface area contributed by atoms with Crippen LogP contribution in [0.25, 0.3) is 0 Å². The third-order valence-corrected chi connectivity index (χ3v) is 3.71. The summed E-state index contributed by atoms with van der Waals surface area (Å²) in [7, 11) is 0. The van der Waals surface area contributed by atoms with Gasteiger partial charge < -0.3 is 10.1 Å². The van der Waals surface area contributed by atoms with Crippen molar-refractivity contribution in [3.8, 4) is 0 Å². The Morgan fingerprint density at radius 2 is 1.75 bits per heavy atom. The summed E-state index contributed by atoms with van der Waals surface area (Å²) in [6.07, 6.45) is 10.5. The second kappa shape index (κ2) is 11.3. The van der Waals surface area contributed by atoms with Crippen LogP contribution in [0.3, 0.4) is 0 Å². The summed E-state index contributed by atoms with van der Waals surface area (Å²) in [4.78, 5) is 37.1. The van der Waals surface area contributed by atoms with E-state index < -0.39 is 16.6 Å². The van der Waals surface area contributed by atoms with Crippen LogP contribution in [0.1, 0.15) is 75.1 Å². The molecule has 0 atom stereocenters. The Labute approximate surface area is 142 Å². The maximum Gasteiger partial charge on any atom is 0.364 e. The molecule has 0 aliphatic rings. The Morgan fingerprint density at radius 1 is 1.12 bits per heavy atom. The van der Waals surface area contributed by atoms with Crippen molar-refractivity contribution in [3.63, 3.8) is 0 Å². The van der Waals surface area contributed by atoms with Crippen LogP contribution in [-0.2, 0) is 4.79 Å². The summed E-state index contributed by atoms with van der Waals surface area (Å²) in [5, 5.41) is 12.9. The van der Waals surface area contributed by atoms with Gasteiger partial charge in [0.05, 0.1) is 5.56 Å². The lowest BCUT2D eigenvalue weighted by Gasteiger charge is -2.04. The fourth-order valence-corrected chi connectivity index (χ4v) is 2.34. The second-order valence-corrected chi connectivity index (χ2v) is 5.76. The molecular formula is C17H25N3O4.